The summed E-state index contributed by atoms with van der Waals surface area (Å²) in [6.07, 6.45) is 2.30. The summed E-state index contributed by atoms with van der Waals surface area (Å²) >= 11 is 0. The molecule has 4 heteroatoms. The lowest BCUT2D eigenvalue weighted by atomic mass is 10.1. The number of carbonyl (C=O) groups excluding carboxylic acids is 1. The second-order valence-electron chi connectivity index (χ2n) is 3.37. The fourth-order valence-corrected chi connectivity index (χ4v) is 1.54. The van der Waals surface area contributed by atoms with Crippen molar-refractivity contribution in [1.29, 1.82) is 0 Å². The van der Waals surface area contributed by atoms with E-state index >= 15 is 0 Å². The van der Waals surface area contributed by atoms with Gasteiger partial charge >= 0.3 is 0 Å². The predicted molar refractivity (Wildman–Crippen MR) is 59.0 cm³/mol. The third-order valence-electron chi connectivity index (χ3n) is 2.28. The summed E-state index contributed by atoms with van der Waals surface area (Å²) in [6, 6.07) is 9.38. The lowest BCUT2D eigenvalue weighted by molar-refractivity contribution is 0.112. The number of halogens is 1. The maximum atomic E-state index is 12.2. The molecule has 1 aromatic heterocycles. The summed E-state index contributed by atoms with van der Waals surface area (Å²) < 4.78 is 13.6. The van der Waals surface area contributed by atoms with E-state index in [4.69, 9.17) is 0 Å². The summed E-state index contributed by atoms with van der Waals surface area (Å²) in [5.41, 5.74) is 1.95. The molecule has 82 valence electrons. The SMILES string of the molecule is O=Cc1cn(CCF)nc1-c1ccccc1. The first-order valence-electron chi connectivity index (χ1n) is 4.99. The molecule has 0 bridgehead atoms. The molecule has 0 atom stereocenters. The summed E-state index contributed by atoms with van der Waals surface area (Å²) in [5, 5.41) is 4.19. The normalized spacial score (nSPS) is 10.3. The highest BCUT2D eigenvalue weighted by Gasteiger charge is 2.09. The first kappa shape index (κ1) is 10.5. The molecule has 0 aliphatic carbocycles. The third kappa shape index (κ3) is 2.00. The lowest BCUT2D eigenvalue weighted by Crippen LogP contribution is -1.99. The largest absolute Gasteiger partial charge is 0.298 e. The number of rotatable bonds is 4. The average Bonchev–Trinajstić information content (AvgIpc) is 2.74. The highest BCUT2D eigenvalue weighted by atomic mass is 19.1. The first-order valence-corrected chi connectivity index (χ1v) is 4.99. The smallest absolute Gasteiger partial charge is 0.153 e. The molecule has 0 spiro atoms. The molecular weight excluding hydrogens is 207 g/mol. The molecule has 3 nitrogen and oxygen atoms in total. The number of carbonyl (C=O) groups is 1. The molecule has 2 rings (SSSR count). The first-order chi connectivity index (χ1) is 7.85. The zero-order chi connectivity index (χ0) is 11.4. The molecule has 1 aromatic carbocycles. The Morgan fingerprint density at radius 1 is 1.31 bits per heavy atom. The minimum Gasteiger partial charge on any atom is -0.298 e. The van der Waals surface area contributed by atoms with Crippen LogP contribution in [0, 0.1) is 0 Å². The van der Waals surface area contributed by atoms with Crippen molar-refractivity contribution in [2.24, 2.45) is 0 Å². The Kier molecular flexibility index (Phi) is 3.10. The van der Waals surface area contributed by atoms with Crippen LogP contribution in [-0.4, -0.2) is 22.7 Å². The van der Waals surface area contributed by atoms with Crippen molar-refractivity contribution in [2.75, 3.05) is 6.67 Å². The molecule has 2 aromatic rings. The Hall–Kier alpha value is -1.97. The van der Waals surface area contributed by atoms with E-state index in [1.807, 2.05) is 30.3 Å². The summed E-state index contributed by atoms with van der Waals surface area (Å²) in [7, 11) is 0. The van der Waals surface area contributed by atoms with Crippen LogP contribution in [0.25, 0.3) is 11.3 Å². The number of benzene rings is 1. The molecule has 0 unspecified atom stereocenters. The van der Waals surface area contributed by atoms with Gasteiger partial charge in [-0.25, -0.2) is 4.39 Å². The van der Waals surface area contributed by atoms with E-state index < -0.39 is 6.67 Å². The summed E-state index contributed by atoms with van der Waals surface area (Å²) in [5.74, 6) is 0. The quantitative estimate of drug-likeness (QED) is 0.738. The number of aldehydes is 1. The molecule has 0 aliphatic heterocycles. The zero-order valence-corrected chi connectivity index (χ0v) is 8.64. The second-order valence-corrected chi connectivity index (χ2v) is 3.37. The van der Waals surface area contributed by atoms with Crippen LogP contribution in [-0.2, 0) is 6.54 Å². The molecule has 16 heavy (non-hydrogen) atoms. The van der Waals surface area contributed by atoms with Crippen molar-refractivity contribution >= 4 is 6.29 Å². The Morgan fingerprint density at radius 3 is 2.69 bits per heavy atom. The van der Waals surface area contributed by atoms with Crippen LogP contribution in [0.2, 0.25) is 0 Å². The van der Waals surface area contributed by atoms with E-state index in [9.17, 15) is 9.18 Å². The molecule has 0 radical (unpaired) electrons. The van der Waals surface area contributed by atoms with Crippen LogP contribution in [0.3, 0.4) is 0 Å². The van der Waals surface area contributed by atoms with Crippen LogP contribution < -0.4 is 0 Å². The number of aromatic nitrogens is 2. The highest BCUT2D eigenvalue weighted by Crippen LogP contribution is 2.20. The van der Waals surface area contributed by atoms with E-state index in [-0.39, 0.29) is 6.54 Å². The van der Waals surface area contributed by atoms with Crippen molar-refractivity contribution in [3.05, 3.63) is 42.1 Å². The molecule has 0 saturated carbocycles. The van der Waals surface area contributed by atoms with Gasteiger partial charge in [0.25, 0.3) is 0 Å². The number of hydrogen-bond acceptors (Lipinski definition) is 2. The van der Waals surface area contributed by atoms with Gasteiger partial charge in [0, 0.05) is 11.8 Å². The predicted octanol–water partition coefficient (Wildman–Crippen LogP) is 2.33. The fraction of sp³-hybridized carbons (Fsp3) is 0.167. The molecule has 0 saturated heterocycles. The van der Waals surface area contributed by atoms with Crippen LogP contribution in [0.5, 0.6) is 0 Å². The van der Waals surface area contributed by atoms with Crippen molar-refractivity contribution in [3.63, 3.8) is 0 Å². The second kappa shape index (κ2) is 4.70. The molecule has 0 fully saturated rings. The van der Waals surface area contributed by atoms with Crippen molar-refractivity contribution < 1.29 is 9.18 Å². The van der Waals surface area contributed by atoms with Gasteiger partial charge in [-0.2, -0.15) is 5.10 Å². The van der Waals surface area contributed by atoms with Crippen molar-refractivity contribution in [1.82, 2.24) is 9.78 Å². The van der Waals surface area contributed by atoms with Gasteiger partial charge in [0.2, 0.25) is 0 Å². The lowest BCUT2D eigenvalue weighted by Gasteiger charge is -1.97. The van der Waals surface area contributed by atoms with Gasteiger partial charge in [0.1, 0.15) is 12.4 Å². The van der Waals surface area contributed by atoms with Crippen LogP contribution in [0.15, 0.2) is 36.5 Å². The summed E-state index contributed by atoms with van der Waals surface area (Å²) in [4.78, 5) is 10.9. The average molecular weight is 218 g/mol. The van der Waals surface area contributed by atoms with Gasteiger partial charge in [-0.3, -0.25) is 9.48 Å². The van der Waals surface area contributed by atoms with Gasteiger partial charge in [0.05, 0.1) is 12.1 Å². The number of nitrogens with zero attached hydrogens (tertiary/aromatic N) is 2. The summed E-state index contributed by atoms with van der Waals surface area (Å²) in [6.45, 7) is -0.318. The number of hydrogen-bond donors (Lipinski definition) is 0. The van der Waals surface area contributed by atoms with E-state index in [2.05, 4.69) is 5.10 Å². The van der Waals surface area contributed by atoms with Crippen LogP contribution in [0.4, 0.5) is 4.39 Å². The van der Waals surface area contributed by atoms with Gasteiger partial charge in [0.15, 0.2) is 6.29 Å². The third-order valence-corrected chi connectivity index (χ3v) is 2.28. The van der Waals surface area contributed by atoms with Gasteiger partial charge in [-0.15, -0.1) is 0 Å². The van der Waals surface area contributed by atoms with Crippen molar-refractivity contribution in [2.45, 2.75) is 6.54 Å². The van der Waals surface area contributed by atoms with Gasteiger partial charge in [-0.05, 0) is 0 Å². The molecule has 0 aliphatic rings. The molecule has 0 amide bonds. The Morgan fingerprint density at radius 2 is 2.06 bits per heavy atom. The number of alkyl halides is 1. The van der Waals surface area contributed by atoms with Gasteiger partial charge in [-0.1, -0.05) is 30.3 Å². The number of aryl methyl sites for hydroxylation is 1. The van der Waals surface area contributed by atoms with E-state index in [1.165, 1.54) is 4.68 Å². The molecular formula is C12H11FN2O. The van der Waals surface area contributed by atoms with Crippen molar-refractivity contribution in [3.8, 4) is 11.3 Å². The van der Waals surface area contributed by atoms with Crippen LogP contribution in [0.1, 0.15) is 10.4 Å². The monoisotopic (exact) mass is 218 g/mol. The maximum Gasteiger partial charge on any atom is 0.153 e. The topological polar surface area (TPSA) is 34.9 Å². The maximum absolute atomic E-state index is 12.2. The van der Waals surface area contributed by atoms with E-state index in [0.29, 0.717) is 11.3 Å². The molecule has 0 N–H and O–H groups in total. The zero-order valence-electron chi connectivity index (χ0n) is 8.64. The van der Waals surface area contributed by atoms with Gasteiger partial charge < -0.3 is 0 Å². The minimum absolute atomic E-state index is 0.174. The standard InChI is InChI=1S/C12H11FN2O/c13-6-7-15-8-11(9-16)12(14-15)10-4-2-1-3-5-10/h1-5,8-9H,6-7H2. The Balaban J connectivity index is 2.43. The van der Waals surface area contributed by atoms with Crippen LogP contribution >= 0.6 is 0 Å². The Bertz CT molecular complexity index is 479. The van der Waals surface area contributed by atoms with E-state index in [0.717, 1.165) is 11.8 Å². The highest BCUT2D eigenvalue weighted by molar-refractivity contribution is 5.85. The Labute approximate surface area is 92.5 Å². The fourth-order valence-electron chi connectivity index (χ4n) is 1.54. The molecule has 1 heterocycles. The minimum atomic E-state index is -0.492. The van der Waals surface area contributed by atoms with E-state index in [1.54, 1.807) is 6.20 Å².